The number of unbranched alkanes of at least 4 members (excludes halogenated alkanes) is 1. The highest BCUT2D eigenvalue weighted by atomic mass is 32.2. The van der Waals surface area contributed by atoms with Crippen molar-refractivity contribution in [2.75, 3.05) is 25.1 Å². The Balaban J connectivity index is 3.98. The van der Waals surface area contributed by atoms with E-state index in [1.54, 1.807) is 7.05 Å². The molecule has 0 saturated carbocycles. The molecule has 0 spiro atoms. The van der Waals surface area contributed by atoms with Gasteiger partial charge in [0.2, 0.25) is 0 Å². The summed E-state index contributed by atoms with van der Waals surface area (Å²) in [6, 6.07) is 0. The minimum absolute atomic E-state index is 0.238. The molecule has 0 aromatic heterocycles. The normalized spacial score (nSPS) is 15.2. The molecular weight excluding hydrogens is 277 g/mol. The maximum Gasteiger partial charge on any atom is 0.457 e. The first-order valence-electron chi connectivity index (χ1n) is 5.32. The van der Waals surface area contributed by atoms with E-state index in [1.165, 1.54) is 0 Å². The Labute approximate surface area is 105 Å². The molecule has 0 radical (unpaired) electrons. The summed E-state index contributed by atoms with van der Waals surface area (Å²) in [7, 11) is 0.363. The van der Waals surface area contributed by atoms with Gasteiger partial charge in [0, 0.05) is 22.3 Å². The lowest BCUT2D eigenvalue weighted by Gasteiger charge is -2.15. The SMILES string of the molecule is CNCCCCS(=O)C/C=C/C(F)(F)C(F)(F)F. The molecule has 0 amide bonds. The summed E-state index contributed by atoms with van der Waals surface area (Å²) in [6.07, 6.45) is -3.79. The van der Waals surface area contributed by atoms with Crippen molar-refractivity contribution in [2.24, 2.45) is 0 Å². The molecule has 18 heavy (non-hydrogen) atoms. The van der Waals surface area contributed by atoms with E-state index in [0.29, 0.717) is 18.2 Å². The Morgan fingerprint density at radius 1 is 1.17 bits per heavy atom. The average molecular weight is 293 g/mol. The molecule has 0 saturated heterocycles. The molecule has 0 bridgehead atoms. The lowest BCUT2D eigenvalue weighted by molar-refractivity contribution is -0.259. The number of allylic oxidation sites excluding steroid dienone is 1. The maximum atomic E-state index is 12.4. The highest BCUT2D eigenvalue weighted by Crippen LogP contribution is 2.36. The van der Waals surface area contributed by atoms with E-state index < -0.39 is 22.9 Å². The standard InChI is InChI=1S/C10H16F5NOS/c1-16-6-2-3-7-18(17)8-4-5-9(11,12)10(13,14)15/h4-5,16H,2-3,6-8H2,1H3/b5-4+. The zero-order valence-electron chi connectivity index (χ0n) is 9.90. The molecule has 2 nitrogen and oxygen atoms in total. The summed E-state index contributed by atoms with van der Waals surface area (Å²) in [5.41, 5.74) is 0. The zero-order valence-corrected chi connectivity index (χ0v) is 10.7. The topological polar surface area (TPSA) is 29.1 Å². The van der Waals surface area contributed by atoms with Gasteiger partial charge in [0.15, 0.2) is 0 Å². The van der Waals surface area contributed by atoms with Crippen molar-refractivity contribution >= 4 is 10.8 Å². The van der Waals surface area contributed by atoms with E-state index in [0.717, 1.165) is 13.0 Å². The monoisotopic (exact) mass is 293 g/mol. The first-order valence-corrected chi connectivity index (χ1v) is 6.81. The van der Waals surface area contributed by atoms with Crippen LogP contribution in [-0.2, 0) is 10.8 Å². The summed E-state index contributed by atoms with van der Waals surface area (Å²) < 4.78 is 71.4. The molecule has 0 heterocycles. The van der Waals surface area contributed by atoms with Gasteiger partial charge in [-0.25, -0.2) is 0 Å². The van der Waals surface area contributed by atoms with Gasteiger partial charge < -0.3 is 5.32 Å². The Morgan fingerprint density at radius 2 is 1.78 bits per heavy atom. The Bertz CT molecular complexity index is 290. The highest BCUT2D eigenvalue weighted by molar-refractivity contribution is 7.85. The first kappa shape index (κ1) is 17.5. The molecular formula is C10H16F5NOS. The van der Waals surface area contributed by atoms with Gasteiger partial charge in [-0.2, -0.15) is 22.0 Å². The van der Waals surface area contributed by atoms with E-state index in [1.807, 2.05) is 0 Å². The summed E-state index contributed by atoms with van der Waals surface area (Å²) >= 11 is 0. The fourth-order valence-corrected chi connectivity index (χ4v) is 2.05. The minimum atomic E-state index is -5.60. The van der Waals surface area contributed by atoms with Crippen LogP contribution in [0.15, 0.2) is 12.2 Å². The van der Waals surface area contributed by atoms with Crippen LogP contribution in [0.1, 0.15) is 12.8 Å². The number of hydrogen-bond donors (Lipinski definition) is 1. The number of nitrogens with one attached hydrogen (secondary N) is 1. The van der Waals surface area contributed by atoms with Gasteiger partial charge in [0.05, 0.1) is 0 Å². The van der Waals surface area contributed by atoms with Crippen molar-refractivity contribution in [3.63, 3.8) is 0 Å². The van der Waals surface area contributed by atoms with Gasteiger partial charge in [-0.05, 0) is 32.5 Å². The molecule has 0 aromatic carbocycles. The first-order chi connectivity index (χ1) is 8.20. The maximum absolute atomic E-state index is 12.4. The van der Waals surface area contributed by atoms with E-state index >= 15 is 0 Å². The zero-order chi connectivity index (χ0) is 14.2. The van der Waals surface area contributed by atoms with Crippen LogP contribution in [0.5, 0.6) is 0 Å². The average Bonchev–Trinajstić information content (AvgIpc) is 2.22. The fourth-order valence-electron chi connectivity index (χ4n) is 1.05. The van der Waals surface area contributed by atoms with Gasteiger partial charge in [-0.1, -0.05) is 6.08 Å². The molecule has 0 aliphatic heterocycles. The summed E-state index contributed by atoms with van der Waals surface area (Å²) in [5.74, 6) is -4.85. The lowest BCUT2D eigenvalue weighted by Crippen LogP contribution is -2.34. The molecule has 108 valence electrons. The second-order valence-electron chi connectivity index (χ2n) is 3.64. The third-order valence-corrected chi connectivity index (χ3v) is 3.34. The molecule has 1 N–H and O–H groups in total. The number of hydrogen-bond acceptors (Lipinski definition) is 2. The fraction of sp³-hybridized carbons (Fsp3) is 0.800. The van der Waals surface area contributed by atoms with E-state index in [4.69, 9.17) is 0 Å². The molecule has 1 unspecified atom stereocenters. The Kier molecular flexibility index (Phi) is 7.61. The summed E-state index contributed by atoms with van der Waals surface area (Å²) in [5, 5.41) is 2.88. The third kappa shape index (κ3) is 7.05. The van der Waals surface area contributed by atoms with Crippen molar-refractivity contribution in [2.45, 2.75) is 24.9 Å². The van der Waals surface area contributed by atoms with E-state index in [-0.39, 0.29) is 11.8 Å². The second-order valence-corrected chi connectivity index (χ2v) is 5.27. The van der Waals surface area contributed by atoms with Gasteiger partial charge in [0.1, 0.15) is 0 Å². The lowest BCUT2D eigenvalue weighted by atomic mass is 10.3. The van der Waals surface area contributed by atoms with Crippen LogP contribution in [0, 0.1) is 0 Å². The Hall–Kier alpha value is -0.500. The van der Waals surface area contributed by atoms with Gasteiger partial charge in [-0.3, -0.25) is 4.21 Å². The molecule has 0 aliphatic rings. The van der Waals surface area contributed by atoms with Crippen LogP contribution < -0.4 is 5.32 Å². The van der Waals surface area contributed by atoms with Crippen molar-refractivity contribution in [3.8, 4) is 0 Å². The largest absolute Gasteiger partial charge is 0.457 e. The Morgan fingerprint density at radius 3 is 2.28 bits per heavy atom. The van der Waals surface area contributed by atoms with Crippen LogP contribution in [0.4, 0.5) is 22.0 Å². The van der Waals surface area contributed by atoms with Crippen LogP contribution in [0.3, 0.4) is 0 Å². The smallest absolute Gasteiger partial charge is 0.320 e. The minimum Gasteiger partial charge on any atom is -0.320 e. The molecule has 8 heteroatoms. The van der Waals surface area contributed by atoms with E-state index in [2.05, 4.69) is 5.32 Å². The summed E-state index contributed by atoms with van der Waals surface area (Å²) in [6.45, 7) is 0.749. The number of alkyl halides is 5. The number of rotatable bonds is 8. The summed E-state index contributed by atoms with van der Waals surface area (Å²) in [4.78, 5) is 0. The quantitative estimate of drug-likeness (QED) is 0.423. The number of halogens is 5. The van der Waals surface area contributed by atoms with Crippen molar-refractivity contribution in [3.05, 3.63) is 12.2 Å². The van der Waals surface area contributed by atoms with Crippen molar-refractivity contribution in [1.29, 1.82) is 0 Å². The molecule has 0 aromatic rings. The van der Waals surface area contributed by atoms with Gasteiger partial charge in [-0.15, -0.1) is 0 Å². The molecule has 0 aliphatic carbocycles. The van der Waals surface area contributed by atoms with Crippen LogP contribution >= 0.6 is 0 Å². The van der Waals surface area contributed by atoms with Gasteiger partial charge >= 0.3 is 12.1 Å². The van der Waals surface area contributed by atoms with Crippen molar-refractivity contribution < 1.29 is 26.2 Å². The second kappa shape index (κ2) is 7.83. The molecule has 0 fully saturated rings. The van der Waals surface area contributed by atoms with Crippen molar-refractivity contribution in [1.82, 2.24) is 5.32 Å². The van der Waals surface area contributed by atoms with Crippen LogP contribution in [0.2, 0.25) is 0 Å². The van der Waals surface area contributed by atoms with Crippen LogP contribution in [-0.4, -0.2) is 41.4 Å². The molecule has 0 rings (SSSR count). The predicted octanol–water partition coefficient (Wildman–Crippen LogP) is 2.49. The third-order valence-electron chi connectivity index (χ3n) is 2.04. The molecule has 1 atom stereocenters. The van der Waals surface area contributed by atoms with Crippen LogP contribution in [0.25, 0.3) is 0 Å². The van der Waals surface area contributed by atoms with E-state index in [9.17, 15) is 26.2 Å². The highest BCUT2D eigenvalue weighted by Gasteiger charge is 2.55. The predicted molar refractivity (Wildman–Crippen MR) is 61.2 cm³/mol. The van der Waals surface area contributed by atoms with Gasteiger partial charge in [0.25, 0.3) is 0 Å².